The highest BCUT2D eigenvalue weighted by Gasteiger charge is 2.36. The zero-order valence-corrected chi connectivity index (χ0v) is 10.4. The quantitative estimate of drug-likeness (QED) is 0.761. The van der Waals surface area contributed by atoms with Gasteiger partial charge >= 0.3 is 5.97 Å². The fourth-order valence-corrected chi connectivity index (χ4v) is 3.07. The number of carbonyl (C=O) groups is 1. The number of carbonyl (C=O) groups excluding carboxylic acids is 1. The molecular weight excluding hydrogens is 224 g/mol. The molecule has 16 heavy (non-hydrogen) atoms. The Balaban J connectivity index is 2.17. The first-order chi connectivity index (χ1) is 7.65. The molecule has 0 spiro atoms. The minimum absolute atomic E-state index is 0.146. The number of hydrogen-bond donors (Lipinski definition) is 0. The van der Waals surface area contributed by atoms with Crippen molar-refractivity contribution in [1.82, 2.24) is 0 Å². The Morgan fingerprint density at radius 2 is 2.50 bits per heavy atom. The minimum atomic E-state index is -0.222. The summed E-state index contributed by atoms with van der Waals surface area (Å²) in [6.45, 7) is 5.59. The molecule has 0 saturated carbocycles. The van der Waals surface area contributed by atoms with Crippen LogP contribution >= 0.6 is 11.3 Å². The lowest BCUT2D eigenvalue weighted by molar-refractivity contribution is -0.145. The lowest BCUT2D eigenvalue weighted by Crippen LogP contribution is -2.35. The summed E-state index contributed by atoms with van der Waals surface area (Å²) in [6.07, 6.45) is 0.393. The van der Waals surface area contributed by atoms with Gasteiger partial charge in [-0.25, -0.2) is 0 Å². The van der Waals surface area contributed by atoms with Crippen LogP contribution in [0.3, 0.4) is 0 Å². The molecule has 0 amide bonds. The molecule has 0 fully saturated rings. The first-order valence-electron chi connectivity index (χ1n) is 5.46. The fourth-order valence-electron chi connectivity index (χ4n) is 2.11. The number of ether oxygens (including phenoxy) is 2. The maximum absolute atomic E-state index is 11.6. The Morgan fingerprint density at radius 1 is 1.69 bits per heavy atom. The van der Waals surface area contributed by atoms with Gasteiger partial charge < -0.3 is 9.47 Å². The molecule has 1 aliphatic heterocycles. The highest BCUT2D eigenvalue weighted by Crippen LogP contribution is 2.37. The lowest BCUT2D eigenvalue weighted by atomic mass is 9.79. The molecule has 3 nitrogen and oxygen atoms in total. The summed E-state index contributed by atoms with van der Waals surface area (Å²) in [4.78, 5) is 12.8. The average molecular weight is 240 g/mol. The zero-order chi connectivity index (χ0) is 11.6. The molecule has 1 atom stereocenters. The predicted octanol–water partition coefficient (Wildman–Crippen LogP) is 2.49. The van der Waals surface area contributed by atoms with Gasteiger partial charge in [-0.15, -0.1) is 11.3 Å². The van der Waals surface area contributed by atoms with Crippen molar-refractivity contribution in [3.8, 4) is 0 Å². The van der Waals surface area contributed by atoms with Gasteiger partial charge in [-0.2, -0.15) is 0 Å². The molecule has 0 radical (unpaired) electrons. The van der Waals surface area contributed by atoms with Crippen molar-refractivity contribution in [2.45, 2.75) is 32.3 Å². The molecule has 1 aliphatic rings. The van der Waals surface area contributed by atoms with Gasteiger partial charge in [0.15, 0.2) is 0 Å². The second-order valence-electron chi connectivity index (χ2n) is 4.29. The van der Waals surface area contributed by atoms with Crippen molar-refractivity contribution in [3.05, 3.63) is 21.9 Å². The van der Waals surface area contributed by atoms with Crippen molar-refractivity contribution in [1.29, 1.82) is 0 Å². The SMILES string of the molecule is CCOC(=O)CC1(C)COCc2sccc21. The fraction of sp³-hybridized carbons (Fsp3) is 0.583. The highest BCUT2D eigenvalue weighted by molar-refractivity contribution is 7.10. The lowest BCUT2D eigenvalue weighted by Gasteiger charge is -2.32. The van der Waals surface area contributed by atoms with Gasteiger partial charge in [0.25, 0.3) is 0 Å². The van der Waals surface area contributed by atoms with E-state index in [0.717, 1.165) is 0 Å². The van der Waals surface area contributed by atoms with Crippen molar-refractivity contribution in [3.63, 3.8) is 0 Å². The Hall–Kier alpha value is -0.870. The molecule has 0 bridgehead atoms. The molecule has 1 unspecified atom stereocenters. The first-order valence-corrected chi connectivity index (χ1v) is 6.34. The van der Waals surface area contributed by atoms with E-state index in [1.54, 1.807) is 11.3 Å². The molecule has 4 heteroatoms. The van der Waals surface area contributed by atoms with Crippen LogP contribution in [0.5, 0.6) is 0 Å². The van der Waals surface area contributed by atoms with Crippen LogP contribution in [0.25, 0.3) is 0 Å². The largest absolute Gasteiger partial charge is 0.466 e. The van der Waals surface area contributed by atoms with Gasteiger partial charge in [0, 0.05) is 10.3 Å². The molecule has 1 aromatic rings. The van der Waals surface area contributed by atoms with E-state index in [9.17, 15) is 4.79 Å². The third kappa shape index (κ3) is 2.13. The van der Waals surface area contributed by atoms with Gasteiger partial charge in [-0.05, 0) is 23.9 Å². The molecule has 2 rings (SSSR count). The maximum Gasteiger partial charge on any atom is 0.306 e. The Bertz CT molecular complexity index is 385. The van der Waals surface area contributed by atoms with E-state index in [2.05, 4.69) is 18.4 Å². The van der Waals surface area contributed by atoms with Crippen molar-refractivity contribution < 1.29 is 14.3 Å². The molecule has 88 valence electrons. The molecule has 0 aliphatic carbocycles. The van der Waals surface area contributed by atoms with Gasteiger partial charge in [0.05, 0.1) is 26.2 Å². The summed E-state index contributed by atoms with van der Waals surface area (Å²) in [7, 11) is 0. The molecule has 1 aromatic heterocycles. The predicted molar refractivity (Wildman–Crippen MR) is 62.6 cm³/mol. The highest BCUT2D eigenvalue weighted by atomic mass is 32.1. The van der Waals surface area contributed by atoms with Crippen LogP contribution in [0.1, 0.15) is 30.7 Å². The standard InChI is InChI=1S/C12H16O3S/c1-3-15-11(13)6-12(2)8-14-7-10-9(12)4-5-16-10/h4-5H,3,6-8H2,1-2H3. The van der Waals surface area contributed by atoms with Crippen molar-refractivity contribution >= 4 is 17.3 Å². The van der Waals surface area contributed by atoms with Crippen LogP contribution in [0.15, 0.2) is 11.4 Å². The average Bonchev–Trinajstić information content (AvgIpc) is 2.67. The summed E-state index contributed by atoms with van der Waals surface area (Å²) in [6, 6.07) is 2.10. The summed E-state index contributed by atoms with van der Waals surface area (Å²) < 4.78 is 10.6. The summed E-state index contributed by atoms with van der Waals surface area (Å²) in [5.74, 6) is -0.146. The summed E-state index contributed by atoms with van der Waals surface area (Å²) >= 11 is 1.69. The van der Waals surface area contributed by atoms with Crippen LogP contribution in [0.4, 0.5) is 0 Å². The number of thiophene rings is 1. The zero-order valence-electron chi connectivity index (χ0n) is 9.62. The van der Waals surface area contributed by atoms with E-state index >= 15 is 0 Å². The van der Waals surface area contributed by atoms with Crippen molar-refractivity contribution in [2.75, 3.05) is 13.2 Å². The number of rotatable bonds is 3. The summed E-state index contributed by atoms with van der Waals surface area (Å²) in [5.41, 5.74) is 1.02. The third-order valence-corrected chi connectivity index (χ3v) is 3.78. The maximum atomic E-state index is 11.6. The molecule has 0 saturated heterocycles. The van der Waals surface area contributed by atoms with E-state index in [1.165, 1.54) is 10.4 Å². The number of hydrogen-bond acceptors (Lipinski definition) is 4. The van der Waals surface area contributed by atoms with Crippen LogP contribution in [0.2, 0.25) is 0 Å². The van der Waals surface area contributed by atoms with Gasteiger partial charge in [-0.3, -0.25) is 4.79 Å². The van der Waals surface area contributed by atoms with E-state index < -0.39 is 0 Å². The van der Waals surface area contributed by atoms with Crippen molar-refractivity contribution in [2.24, 2.45) is 0 Å². The van der Waals surface area contributed by atoms with E-state index in [1.807, 2.05) is 6.92 Å². The Kier molecular flexibility index (Phi) is 3.30. The van der Waals surface area contributed by atoms with Crippen LogP contribution in [-0.4, -0.2) is 19.2 Å². The smallest absolute Gasteiger partial charge is 0.306 e. The topological polar surface area (TPSA) is 35.5 Å². The Labute approximate surface area is 99.4 Å². The van der Waals surface area contributed by atoms with Crippen LogP contribution in [-0.2, 0) is 26.3 Å². The normalized spacial score (nSPS) is 23.9. The molecular formula is C12H16O3S. The molecule has 0 N–H and O–H groups in total. The van der Waals surface area contributed by atoms with E-state index in [0.29, 0.717) is 26.2 Å². The second-order valence-corrected chi connectivity index (χ2v) is 5.29. The molecule has 0 aromatic carbocycles. The van der Waals surface area contributed by atoms with E-state index in [4.69, 9.17) is 9.47 Å². The Morgan fingerprint density at radius 3 is 3.25 bits per heavy atom. The van der Waals surface area contributed by atoms with Crippen LogP contribution in [0, 0.1) is 0 Å². The number of fused-ring (bicyclic) bond motifs is 1. The molecule has 2 heterocycles. The monoisotopic (exact) mass is 240 g/mol. The van der Waals surface area contributed by atoms with Crippen LogP contribution < -0.4 is 0 Å². The van der Waals surface area contributed by atoms with E-state index in [-0.39, 0.29) is 11.4 Å². The van der Waals surface area contributed by atoms with Gasteiger partial charge in [0.2, 0.25) is 0 Å². The van der Waals surface area contributed by atoms with Gasteiger partial charge in [0.1, 0.15) is 0 Å². The third-order valence-electron chi connectivity index (χ3n) is 2.89. The summed E-state index contributed by atoms with van der Waals surface area (Å²) in [5, 5.41) is 2.06. The second kappa shape index (κ2) is 4.55. The number of esters is 1. The minimum Gasteiger partial charge on any atom is -0.466 e. The first kappa shape index (κ1) is 11.6. The van der Waals surface area contributed by atoms with Gasteiger partial charge in [-0.1, -0.05) is 6.92 Å².